The lowest BCUT2D eigenvalue weighted by atomic mass is 10.1. The second-order valence-electron chi connectivity index (χ2n) is 4.93. The van der Waals surface area contributed by atoms with Gasteiger partial charge in [0.25, 0.3) is 0 Å². The van der Waals surface area contributed by atoms with Crippen LogP contribution in [0.15, 0.2) is 24.3 Å². The van der Waals surface area contributed by atoms with Gasteiger partial charge in [0.1, 0.15) is 5.75 Å². The predicted molar refractivity (Wildman–Crippen MR) is 68.9 cm³/mol. The minimum absolute atomic E-state index is 0.00844. The standard InChI is InChI=1S/C14H15F2NO4/c1-7(17-12(18)9-6-10(9)13(19)20)8-4-2-3-5-11(8)21-14(15)16/h2-5,7,9-10,14H,6H2,1H3,(H,17,18)(H,19,20). The van der Waals surface area contributed by atoms with E-state index in [-0.39, 0.29) is 11.7 Å². The van der Waals surface area contributed by atoms with E-state index < -0.39 is 30.5 Å². The van der Waals surface area contributed by atoms with Crippen LogP contribution in [0.3, 0.4) is 0 Å². The number of carbonyl (C=O) groups excluding carboxylic acids is 1. The zero-order valence-electron chi connectivity index (χ0n) is 11.3. The van der Waals surface area contributed by atoms with Crippen LogP contribution >= 0.6 is 0 Å². The van der Waals surface area contributed by atoms with Gasteiger partial charge < -0.3 is 15.2 Å². The van der Waals surface area contributed by atoms with Crippen LogP contribution in [0.4, 0.5) is 8.78 Å². The molecule has 0 heterocycles. The van der Waals surface area contributed by atoms with Crippen molar-refractivity contribution in [1.29, 1.82) is 0 Å². The third-order valence-corrected chi connectivity index (χ3v) is 3.40. The van der Waals surface area contributed by atoms with Gasteiger partial charge in [0.15, 0.2) is 0 Å². The number of carboxylic acids is 1. The molecule has 0 spiro atoms. The second-order valence-corrected chi connectivity index (χ2v) is 4.93. The van der Waals surface area contributed by atoms with Gasteiger partial charge in [0, 0.05) is 5.56 Å². The van der Waals surface area contributed by atoms with E-state index in [4.69, 9.17) is 5.11 Å². The first-order valence-corrected chi connectivity index (χ1v) is 6.47. The van der Waals surface area contributed by atoms with Gasteiger partial charge in [-0.2, -0.15) is 8.78 Å². The monoisotopic (exact) mass is 299 g/mol. The summed E-state index contributed by atoms with van der Waals surface area (Å²) in [5.74, 6) is -2.59. The summed E-state index contributed by atoms with van der Waals surface area (Å²) in [7, 11) is 0. The first-order valence-electron chi connectivity index (χ1n) is 6.47. The molecule has 3 unspecified atom stereocenters. The fraction of sp³-hybridized carbons (Fsp3) is 0.429. The SMILES string of the molecule is CC(NC(=O)C1CC1C(=O)O)c1ccccc1OC(F)F. The molecule has 1 aromatic rings. The van der Waals surface area contributed by atoms with Crippen LogP contribution in [-0.2, 0) is 9.59 Å². The molecule has 0 radical (unpaired) electrons. The number of ether oxygens (including phenoxy) is 1. The highest BCUT2D eigenvalue weighted by Gasteiger charge is 2.48. The number of para-hydroxylation sites is 1. The number of alkyl halides is 2. The molecule has 0 saturated heterocycles. The molecule has 1 saturated carbocycles. The van der Waals surface area contributed by atoms with Gasteiger partial charge in [-0.15, -0.1) is 0 Å². The van der Waals surface area contributed by atoms with E-state index >= 15 is 0 Å². The molecular formula is C14H15F2NO4. The highest BCUT2D eigenvalue weighted by molar-refractivity contribution is 5.89. The van der Waals surface area contributed by atoms with E-state index in [0.717, 1.165) is 0 Å². The van der Waals surface area contributed by atoms with Gasteiger partial charge in [-0.1, -0.05) is 18.2 Å². The van der Waals surface area contributed by atoms with Crippen LogP contribution in [0.1, 0.15) is 24.9 Å². The highest BCUT2D eigenvalue weighted by atomic mass is 19.3. The molecule has 3 atom stereocenters. The third-order valence-electron chi connectivity index (χ3n) is 3.40. The molecular weight excluding hydrogens is 284 g/mol. The van der Waals surface area contributed by atoms with Crippen LogP contribution in [0.25, 0.3) is 0 Å². The summed E-state index contributed by atoms with van der Waals surface area (Å²) in [4.78, 5) is 22.6. The van der Waals surface area contributed by atoms with Crippen molar-refractivity contribution >= 4 is 11.9 Å². The Hall–Kier alpha value is -2.18. The van der Waals surface area contributed by atoms with Crippen molar-refractivity contribution in [2.75, 3.05) is 0 Å². The van der Waals surface area contributed by atoms with Crippen molar-refractivity contribution in [1.82, 2.24) is 5.32 Å². The van der Waals surface area contributed by atoms with E-state index in [1.54, 1.807) is 25.1 Å². The molecule has 7 heteroatoms. The largest absolute Gasteiger partial charge is 0.481 e. The molecule has 0 aromatic heterocycles. The van der Waals surface area contributed by atoms with Gasteiger partial charge in [-0.3, -0.25) is 9.59 Å². The van der Waals surface area contributed by atoms with Gasteiger partial charge in [-0.25, -0.2) is 0 Å². The van der Waals surface area contributed by atoms with Gasteiger partial charge in [0.05, 0.1) is 17.9 Å². The number of hydrogen-bond acceptors (Lipinski definition) is 3. The van der Waals surface area contributed by atoms with E-state index in [2.05, 4.69) is 10.1 Å². The van der Waals surface area contributed by atoms with Crippen molar-refractivity contribution < 1.29 is 28.2 Å². The van der Waals surface area contributed by atoms with Crippen LogP contribution in [-0.4, -0.2) is 23.6 Å². The number of halogens is 2. The summed E-state index contributed by atoms with van der Waals surface area (Å²) in [6.45, 7) is -1.32. The van der Waals surface area contributed by atoms with Crippen LogP contribution in [0.5, 0.6) is 5.75 Å². The molecule has 2 rings (SSSR count). The fourth-order valence-electron chi connectivity index (χ4n) is 2.20. The maximum absolute atomic E-state index is 12.3. The molecule has 1 aromatic carbocycles. The van der Waals surface area contributed by atoms with E-state index in [1.165, 1.54) is 6.07 Å². The average Bonchev–Trinajstić information content (AvgIpc) is 3.18. The molecule has 21 heavy (non-hydrogen) atoms. The van der Waals surface area contributed by atoms with E-state index in [1.807, 2.05) is 0 Å². The molecule has 114 valence electrons. The van der Waals surface area contributed by atoms with E-state index in [0.29, 0.717) is 12.0 Å². The molecule has 1 aliphatic rings. The quantitative estimate of drug-likeness (QED) is 0.844. The van der Waals surface area contributed by atoms with Crippen LogP contribution < -0.4 is 10.1 Å². The molecule has 2 N–H and O–H groups in total. The van der Waals surface area contributed by atoms with Crippen molar-refractivity contribution in [2.24, 2.45) is 11.8 Å². The number of carboxylic acid groups (broad SMARTS) is 1. The highest BCUT2D eigenvalue weighted by Crippen LogP contribution is 2.39. The summed E-state index contributed by atoms with van der Waals surface area (Å²) in [6, 6.07) is 5.61. The van der Waals surface area contributed by atoms with Crippen molar-refractivity contribution in [2.45, 2.75) is 26.0 Å². The van der Waals surface area contributed by atoms with Gasteiger partial charge in [-0.05, 0) is 19.4 Å². The normalized spacial score (nSPS) is 21.7. The Bertz CT molecular complexity index is 550. The van der Waals surface area contributed by atoms with Crippen molar-refractivity contribution in [3.8, 4) is 5.75 Å². The summed E-state index contributed by atoms with van der Waals surface area (Å²) >= 11 is 0. The van der Waals surface area contributed by atoms with Crippen LogP contribution in [0, 0.1) is 11.8 Å². The predicted octanol–water partition coefficient (Wildman–Crippen LogP) is 2.19. The zero-order valence-corrected chi connectivity index (χ0v) is 11.3. The first kappa shape index (κ1) is 15.2. The summed E-state index contributed by atoms with van der Waals surface area (Å²) in [5, 5.41) is 11.4. The average molecular weight is 299 g/mol. The lowest BCUT2D eigenvalue weighted by molar-refractivity contribution is -0.140. The lowest BCUT2D eigenvalue weighted by Crippen LogP contribution is -2.29. The number of carbonyl (C=O) groups is 2. The van der Waals surface area contributed by atoms with Gasteiger partial charge >= 0.3 is 12.6 Å². The molecule has 0 bridgehead atoms. The smallest absolute Gasteiger partial charge is 0.387 e. The van der Waals surface area contributed by atoms with Crippen molar-refractivity contribution in [3.05, 3.63) is 29.8 Å². The number of aliphatic carboxylic acids is 1. The molecule has 1 fully saturated rings. The van der Waals surface area contributed by atoms with Crippen molar-refractivity contribution in [3.63, 3.8) is 0 Å². The molecule has 1 aliphatic carbocycles. The summed E-state index contributed by atoms with van der Waals surface area (Å²) in [5.41, 5.74) is 0.415. The summed E-state index contributed by atoms with van der Waals surface area (Å²) in [6.07, 6.45) is 0.309. The third kappa shape index (κ3) is 3.68. The Kier molecular flexibility index (Phi) is 4.40. The Morgan fingerprint density at radius 2 is 2.00 bits per heavy atom. The maximum atomic E-state index is 12.3. The number of hydrogen-bond donors (Lipinski definition) is 2. The maximum Gasteiger partial charge on any atom is 0.387 e. The molecule has 0 aliphatic heterocycles. The Morgan fingerprint density at radius 3 is 2.57 bits per heavy atom. The molecule has 5 nitrogen and oxygen atoms in total. The number of benzene rings is 1. The number of nitrogens with one attached hydrogen (secondary N) is 1. The Balaban J connectivity index is 2.02. The topological polar surface area (TPSA) is 75.6 Å². The second kappa shape index (κ2) is 6.07. The Labute approximate surface area is 119 Å². The minimum Gasteiger partial charge on any atom is -0.481 e. The Morgan fingerprint density at radius 1 is 1.33 bits per heavy atom. The van der Waals surface area contributed by atoms with Gasteiger partial charge in [0.2, 0.25) is 5.91 Å². The van der Waals surface area contributed by atoms with Crippen LogP contribution in [0.2, 0.25) is 0 Å². The van der Waals surface area contributed by atoms with E-state index in [9.17, 15) is 18.4 Å². The fourth-order valence-corrected chi connectivity index (χ4v) is 2.20. The first-order chi connectivity index (χ1) is 9.90. The summed E-state index contributed by atoms with van der Waals surface area (Å²) < 4.78 is 29.1. The number of rotatable bonds is 6. The molecule has 1 amide bonds. The zero-order chi connectivity index (χ0) is 15.6. The number of amides is 1. The lowest BCUT2D eigenvalue weighted by Gasteiger charge is -2.18. The minimum atomic E-state index is -2.95.